The standard InChI is InChI=1S/C54H34N2O2/c1-3-17-37(18-4-1)55(38-19-5-2-6-20-38)40-26-28-44-48-33-46-45(34-54(48)58-53(44)32-40)41-21-9-8-15-36(41)30-50(46)56(49-24-13-16-35-14-7-10-22-42(35)49)39-27-29-52-47(31-39)43-23-11-12-25-51(43)57-52/h1-34H. The van der Waals surface area contributed by atoms with Crippen LogP contribution in [-0.4, -0.2) is 0 Å². The molecule has 0 bridgehead atoms. The van der Waals surface area contributed by atoms with Gasteiger partial charge in [0.2, 0.25) is 0 Å². The van der Waals surface area contributed by atoms with Gasteiger partial charge < -0.3 is 18.6 Å². The largest absolute Gasteiger partial charge is 0.456 e. The Labute approximate surface area is 334 Å². The number of para-hydroxylation sites is 3. The fourth-order valence-corrected chi connectivity index (χ4v) is 8.93. The van der Waals surface area contributed by atoms with E-state index in [1.165, 1.54) is 16.2 Å². The molecule has 10 aromatic carbocycles. The monoisotopic (exact) mass is 742 g/mol. The van der Waals surface area contributed by atoms with Gasteiger partial charge in [0.15, 0.2) is 0 Å². The van der Waals surface area contributed by atoms with Gasteiger partial charge in [0.05, 0.1) is 11.4 Å². The second kappa shape index (κ2) is 12.9. The van der Waals surface area contributed by atoms with Crippen molar-refractivity contribution in [2.24, 2.45) is 0 Å². The average Bonchev–Trinajstić information content (AvgIpc) is 3.84. The van der Waals surface area contributed by atoms with Crippen LogP contribution in [0.5, 0.6) is 0 Å². The molecule has 0 aliphatic rings. The first-order valence-electron chi connectivity index (χ1n) is 19.7. The van der Waals surface area contributed by atoms with Crippen LogP contribution in [0, 0.1) is 0 Å². The number of benzene rings is 10. The van der Waals surface area contributed by atoms with Crippen molar-refractivity contribution >= 4 is 110 Å². The zero-order chi connectivity index (χ0) is 38.2. The van der Waals surface area contributed by atoms with Gasteiger partial charge in [0.1, 0.15) is 22.3 Å². The van der Waals surface area contributed by atoms with Gasteiger partial charge in [-0.1, -0.05) is 115 Å². The normalized spacial score (nSPS) is 11.8. The number of anilines is 6. The maximum Gasteiger partial charge on any atom is 0.137 e. The lowest BCUT2D eigenvalue weighted by molar-refractivity contribution is 0.668. The van der Waals surface area contributed by atoms with Crippen LogP contribution in [0.1, 0.15) is 0 Å². The van der Waals surface area contributed by atoms with Crippen molar-refractivity contribution in [2.45, 2.75) is 0 Å². The Bertz CT molecular complexity index is 3490. The SMILES string of the molecule is c1ccc(N(c2ccccc2)c2ccc3c(c2)oc2cc4c(cc23)c(N(c2ccc3oc5ccccc5c3c2)c2cccc3ccccc23)cc2ccccc24)cc1. The maximum absolute atomic E-state index is 6.83. The van der Waals surface area contributed by atoms with E-state index in [-0.39, 0.29) is 0 Å². The molecule has 0 spiro atoms. The van der Waals surface area contributed by atoms with Crippen molar-refractivity contribution in [3.8, 4) is 0 Å². The van der Waals surface area contributed by atoms with Gasteiger partial charge in [-0.25, -0.2) is 0 Å². The molecule has 0 fully saturated rings. The van der Waals surface area contributed by atoms with E-state index in [1.54, 1.807) is 0 Å². The van der Waals surface area contributed by atoms with Crippen molar-refractivity contribution < 1.29 is 8.83 Å². The molecule has 0 aliphatic carbocycles. The zero-order valence-corrected chi connectivity index (χ0v) is 31.3. The Morgan fingerprint density at radius 1 is 0.241 bits per heavy atom. The molecular weight excluding hydrogens is 709 g/mol. The van der Waals surface area contributed by atoms with E-state index in [4.69, 9.17) is 8.83 Å². The maximum atomic E-state index is 6.83. The predicted octanol–water partition coefficient (Wildman–Crippen LogP) is 15.9. The van der Waals surface area contributed by atoms with Gasteiger partial charge >= 0.3 is 0 Å². The molecule has 0 radical (unpaired) electrons. The van der Waals surface area contributed by atoms with E-state index in [9.17, 15) is 0 Å². The van der Waals surface area contributed by atoms with Crippen LogP contribution in [0.3, 0.4) is 0 Å². The highest BCUT2D eigenvalue weighted by Crippen LogP contribution is 2.48. The second-order valence-corrected chi connectivity index (χ2v) is 14.9. The van der Waals surface area contributed by atoms with E-state index in [2.05, 4.69) is 204 Å². The smallest absolute Gasteiger partial charge is 0.137 e. The third-order valence-corrected chi connectivity index (χ3v) is 11.6. The number of rotatable bonds is 6. The van der Waals surface area contributed by atoms with Crippen molar-refractivity contribution in [3.05, 3.63) is 206 Å². The van der Waals surface area contributed by atoms with Gasteiger partial charge in [-0.2, -0.15) is 0 Å². The molecule has 4 nitrogen and oxygen atoms in total. The Morgan fingerprint density at radius 3 is 1.62 bits per heavy atom. The third kappa shape index (κ3) is 5.09. The molecule has 0 atom stereocenters. The molecule has 2 heterocycles. The minimum absolute atomic E-state index is 0.841. The highest BCUT2D eigenvalue weighted by Gasteiger charge is 2.23. The molecule has 0 aliphatic heterocycles. The highest BCUT2D eigenvalue weighted by molar-refractivity contribution is 6.21. The summed E-state index contributed by atoms with van der Waals surface area (Å²) >= 11 is 0. The van der Waals surface area contributed by atoms with Gasteiger partial charge in [-0.05, 0) is 106 Å². The molecule has 0 N–H and O–H groups in total. The lowest BCUT2D eigenvalue weighted by atomic mass is 9.96. The van der Waals surface area contributed by atoms with E-state index >= 15 is 0 Å². The number of nitrogens with zero attached hydrogens (tertiary/aromatic N) is 2. The van der Waals surface area contributed by atoms with Crippen LogP contribution in [0.15, 0.2) is 215 Å². The molecule has 0 unspecified atom stereocenters. The molecule has 272 valence electrons. The van der Waals surface area contributed by atoms with Crippen LogP contribution in [0.4, 0.5) is 34.1 Å². The summed E-state index contributed by atoms with van der Waals surface area (Å²) in [7, 11) is 0. The summed E-state index contributed by atoms with van der Waals surface area (Å²) in [5, 5.41) is 11.3. The van der Waals surface area contributed by atoms with Crippen LogP contribution in [-0.2, 0) is 0 Å². The first-order chi connectivity index (χ1) is 28.7. The van der Waals surface area contributed by atoms with Crippen LogP contribution < -0.4 is 9.80 Å². The predicted molar refractivity (Wildman–Crippen MR) is 243 cm³/mol. The summed E-state index contributed by atoms with van der Waals surface area (Å²) in [6.07, 6.45) is 0. The lowest BCUT2D eigenvalue weighted by Gasteiger charge is -2.29. The minimum atomic E-state index is 0.841. The Hall–Kier alpha value is -7.82. The van der Waals surface area contributed by atoms with Crippen LogP contribution >= 0.6 is 0 Å². The molecule has 12 rings (SSSR count). The van der Waals surface area contributed by atoms with Gasteiger partial charge in [-0.15, -0.1) is 0 Å². The van der Waals surface area contributed by atoms with Crippen LogP contribution in [0.2, 0.25) is 0 Å². The second-order valence-electron chi connectivity index (χ2n) is 14.9. The molecule has 2 aromatic heterocycles. The molecule has 4 heteroatoms. The van der Waals surface area contributed by atoms with E-state index in [0.717, 1.165) is 94.2 Å². The van der Waals surface area contributed by atoms with Crippen molar-refractivity contribution in [2.75, 3.05) is 9.80 Å². The summed E-state index contributed by atoms with van der Waals surface area (Å²) in [5.41, 5.74) is 9.90. The van der Waals surface area contributed by atoms with E-state index in [0.29, 0.717) is 0 Å². The quantitative estimate of drug-likeness (QED) is 0.159. The number of fused-ring (bicyclic) bond motifs is 10. The zero-order valence-electron chi connectivity index (χ0n) is 31.3. The van der Waals surface area contributed by atoms with Gasteiger partial charge in [0.25, 0.3) is 0 Å². The highest BCUT2D eigenvalue weighted by atomic mass is 16.3. The Morgan fingerprint density at radius 2 is 0.810 bits per heavy atom. The van der Waals surface area contributed by atoms with E-state index in [1.807, 2.05) is 12.1 Å². The molecule has 12 aromatic rings. The molecule has 0 saturated carbocycles. The van der Waals surface area contributed by atoms with Gasteiger partial charge in [-0.3, -0.25) is 0 Å². The third-order valence-electron chi connectivity index (χ3n) is 11.6. The first kappa shape index (κ1) is 32.4. The lowest BCUT2D eigenvalue weighted by Crippen LogP contribution is -2.11. The first-order valence-corrected chi connectivity index (χ1v) is 19.7. The summed E-state index contributed by atoms with van der Waals surface area (Å²) < 4.78 is 13.1. The number of hydrogen-bond donors (Lipinski definition) is 0. The van der Waals surface area contributed by atoms with Crippen molar-refractivity contribution in [1.29, 1.82) is 0 Å². The van der Waals surface area contributed by atoms with Gasteiger partial charge in [0, 0.05) is 61.1 Å². The minimum Gasteiger partial charge on any atom is -0.456 e. The van der Waals surface area contributed by atoms with Crippen LogP contribution in [0.25, 0.3) is 76.2 Å². The Balaban J connectivity index is 1.13. The number of hydrogen-bond acceptors (Lipinski definition) is 4. The van der Waals surface area contributed by atoms with Crippen molar-refractivity contribution in [1.82, 2.24) is 0 Å². The molecule has 58 heavy (non-hydrogen) atoms. The summed E-state index contributed by atoms with van der Waals surface area (Å²) in [6.45, 7) is 0. The number of furan rings is 2. The Kier molecular flexibility index (Phi) is 7.20. The summed E-state index contributed by atoms with van der Waals surface area (Å²) in [4.78, 5) is 4.71. The summed E-state index contributed by atoms with van der Waals surface area (Å²) in [5.74, 6) is 0. The topological polar surface area (TPSA) is 32.8 Å². The fourth-order valence-electron chi connectivity index (χ4n) is 8.93. The average molecular weight is 743 g/mol. The fraction of sp³-hybridized carbons (Fsp3) is 0. The summed E-state index contributed by atoms with van der Waals surface area (Å²) in [6, 6.07) is 73.3. The molecule has 0 amide bonds. The van der Waals surface area contributed by atoms with E-state index < -0.39 is 0 Å². The molecular formula is C54H34N2O2. The molecule has 0 saturated heterocycles. The van der Waals surface area contributed by atoms with Crippen molar-refractivity contribution in [3.63, 3.8) is 0 Å².